The first-order valence-electron chi connectivity index (χ1n) is 5.60. The third-order valence-electron chi connectivity index (χ3n) is 2.46. The third-order valence-corrected chi connectivity index (χ3v) is 2.46. The molecule has 0 spiro atoms. The second-order valence-electron chi connectivity index (χ2n) is 3.90. The molecule has 2 aromatic rings. The topological polar surface area (TPSA) is 51.2 Å². The molecule has 2 rings (SSSR count). The van der Waals surface area contributed by atoms with Crippen LogP contribution in [-0.2, 0) is 0 Å². The maximum absolute atomic E-state index is 11.5. The zero-order valence-corrected chi connectivity index (χ0v) is 10.3. The first kappa shape index (κ1) is 12.1. The molecule has 0 saturated carbocycles. The highest BCUT2D eigenvalue weighted by Crippen LogP contribution is 2.21. The molecule has 1 aromatic heterocycles. The molecule has 0 atom stereocenters. The summed E-state index contributed by atoms with van der Waals surface area (Å²) in [5.74, 6) is 1.08. The Bertz CT molecular complexity index is 550. The summed E-state index contributed by atoms with van der Waals surface area (Å²) >= 11 is 0. The van der Waals surface area contributed by atoms with Gasteiger partial charge in [0.15, 0.2) is 0 Å². The van der Waals surface area contributed by atoms with E-state index in [1.807, 2.05) is 31.2 Å². The molecule has 1 aromatic carbocycles. The number of nitrogens with one attached hydrogen (secondary N) is 1. The van der Waals surface area contributed by atoms with Crippen molar-refractivity contribution in [3.8, 4) is 11.5 Å². The third kappa shape index (κ3) is 2.85. The van der Waals surface area contributed by atoms with Crippen LogP contribution in [0.25, 0.3) is 0 Å². The molecule has 4 heteroatoms. The lowest BCUT2D eigenvalue weighted by Crippen LogP contribution is -2.17. The number of hydrogen-bond acceptors (Lipinski definition) is 3. The van der Waals surface area contributed by atoms with Crippen LogP contribution in [-0.4, -0.2) is 17.9 Å². The monoisotopic (exact) mass is 242 g/mol. The molecule has 1 heterocycles. The molecule has 0 unspecified atom stereocenters. The number of ether oxygens (including phenoxy) is 1. The Hall–Kier alpha value is -2.36. The lowest BCUT2D eigenvalue weighted by atomic mass is 10.2. The van der Waals surface area contributed by atoms with E-state index in [0.717, 1.165) is 5.75 Å². The molecule has 1 N–H and O–H groups in total. The van der Waals surface area contributed by atoms with Crippen molar-refractivity contribution in [2.75, 3.05) is 7.05 Å². The molecule has 18 heavy (non-hydrogen) atoms. The summed E-state index contributed by atoms with van der Waals surface area (Å²) in [4.78, 5) is 15.4. The number of aromatic nitrogens is 1. The zero-order chi connectivity index (χ0) is 13.0. The smallest absolute Gasteiger partial charge is 0.252 e. The lowest BCUT2D eigenvalue weighted by Gasteiger charge is -2.06. The van der Waals surface area contributed by atoms with E-state index in [0.29, 0.717) is 11.3 Å². The number of hydrogen-bond donors (Lipinski definition) is 1. The van der Waals surface area contributed by atoms with Gasteiger partial charge in [-0.05, 0) is 25.1 Å². The molecule has 0 aliphatic heterocycles. The Morgan fingerprint density at radius 1 is 1.17 bits per heavy atom. The highest BCUT2D eigenvalue weighted by Gasteiger charge is 2.05. The van der Waals surface area contributed by atoms with Gasteiger partial charge in [0, 0.05) is 13.2 Å². The standard InChI is InChI=1S/C14H14N2O2/c1-10-3-5-12(6-4-10)18-13-7-11(8-16-9-13)14(17)15-2/h3-9H,1-2H3,(H,15,17). The van der Waals surface area contributed by atoms with Crippen molar-refractivity contribution in [2.45, 2.75) is 6.92 Å². The number of amides is 1. The highest BCUT2D eigenvalue weighted by molar-refractivity contribution is 5.93. The van der Waals surface area contributed by atoms with Crippen molar-refractivity contribution >= 4 is 5.91 Å². The van der Waals surface area contributed by atoms with Crippen LogP contribution < -0.4 is 10.1 Å². The summed E-state index contributed by atoms with van der Waals surface area (Å²) in [5.41, 5.74) is 1.64. The summed E-state index contributed by atoms with van der Waals surface area (Å²) < 4.78 is 5.63. The van der Waals surface area contributed by atoms with Gasteiger partial charge in [0.25, 0.3) is 5.91 Å². The van der Waals surface area contributed by atoms with Crippen LogP contribution >= 0.6 is 0 Å². The molecule has 4 nitrogen and oxygen atoms in total. The minimum absolute atomic E-state index is 0.183. The van der Waals surface area contributed by atoms with Gasteiger partial charge in [-0.25, -0.2) is 0 Å². The van der Waals surface area contributed by atoms with Crippen LogP contribution in [0, 0.1) is 6.92 Å². The van der Waals surface area contributed by atoms with Gasteiger partial charge < -0.3 is 10.1 Å². The van der Waals surface area contributed by atoms with E-state index in [2.05, 4.69) is 10.3 Å². The Kier molecular flexibility index (Phi) is 3.57. The van der Waals surface area contributed by atoms with Gasteiger partial charge in [-0.1, -0.05) is 17.7 Å². The van der Waals surface area contributed by atoms with Crippen molar-refractivity contribution < 1.29 is 9.53 Å². The predicted octanol–water partition coefficient (Wildman–Crippen LogP) is 2.54. The molecule has 0 fully saturated rings. The van der Waals surface area contributed by atoms with Gasteiger partial charge in [-0.3, -0.25) is 9.78 Å². The van der Waals surface area contributed by atoms with E-state index >= 15 is 0 Å². The minimum atomic E-state index is -0.183. The van der Waals surface area contributed by atoms with Gasteiger partial charge in [-0.2, -0.15) is 0 Å². The Morgan fingerprint density at radius 3 is 2.56 bits per heavy atom. The van der Waals surface area contributed by atoms with E-state index in [-0.39, 0.29) is 5.91 Å². The normalized spacial score (nSPS) is 9.89. The molecular weight excluding hydrogens is 228 g/mol. The van der Waals surface area contributed by atoms with Crippen LogP contribution in [0.4, 0.5) is 0 Å². The van der Waals surface area contributed by atoms with Crippen LogP contribution in [0.1, 0.15) is 15.9 Å². The van der Waals surface area contributed by atoms with Gasteiger partial charge in [-0.15, -0.1) is 0 Å². The molecule has 0 bridgehead atoms. The maximum atomic E-state index is 11.5. The number of pyridine rings is 1. The van der Waals surface area contributed by atoms with E-state index in [1.54, 1.807) is 19.3 Å². The average molecular weight is 242 g/mol. The molecule has 92 valence electrons. The van der Waals surface area contributed by atoms with Crippen molar-refractivity contribution in [3.63, 3.8) is 0 Å². The second kappa shape index (κ2) is 5.31. The largest absolute Gasteiger partial charge is 0.456 e. The molecule has 0 aliphatic rings. The van der Waals surface area contributed by atoms with Crippen LogP contribution in [0.15, 0.2) is 42.7 Å². The molecule has 1 amide bonds. The van der Waals surface area contributed by atoms with Crippen LogP contribution in [0.3, 0.4) is 0 Å². The summed E-state index contributed by atoms with van der Waals surface area (Å²) in [5, 5.41) is 2.55. The first-order chi connectivity index (χ1) is 8.69. The van der Waals surface area contributed by atoms with Gasteiger partial charge in [0.1, 0.15) is 11.5 Å². The Morgan fingerprint density at radius 2 is 1.89 bits per heavy atom. The fraction of sp³-hybridized carbons (Fsp3) is 0.143. The zero-order valence-electron chi connectivity index (χ0n) is 10.3. The van der Waals surface area contributed by atoms with Gasteiger partial charge in [0.2, 0.25) is 0 Å². The lowest BCUT2D eigenvalue weighted by molar-refractivity contribution is 0.0962. The first-order valence-corrected chi connectivity index (χ1v) is 5.60. The summed E-state index contributed by atoms with van der Waals surface area (Å²) in [6, 6.07) is 9.34. The van der Waals surface area contributed by atoms with Crippen molar-refractivity contribution in [1.29, 1.82) is 0 Å². The van der Waals surface area contributed by atoms with Crippen LogP contribution in [0.2, 0.25) is 0 Å². The number of aryl methyl sites for hydroxylation is 1. The maximum Gasteiger partial charge on any atom is 0.252 e. The number of carbonyl (C=O) groups is 1. The predicted molar refractivity (Wildman–Crippen MR) is 68.9 cm³/mol. The van der Waals surface area contributed by atoms with Crippen molar-refractivity contribution in [3.05, 3.63) is 53.9 Å². The number of carbonyl (C=O) groups excluding carboxylic acids is 1. The van der Waals surface area contributed by atoms with E-state index in [4.69, 9.17) is 4.74 Å². The Labute approximate surface area is 106 Å². The van der Waals surface area contributed by atoms with E-state index in [1.165, 1.54) is 11.8 Å². The van der Waals surface area contributed by atoms with Crippen molar-refractivity contribution in [2.24, 2.45) is 0 Å². The second-order valence-corrected chi connectivity index (χ2v) is 3.90. The van der Waals surface area contributed by atoms with E-state index < -0.39 is 0 Å². The number of benzene rings is 1. The van der Waals surface area contributed by atoms with Gasteiger partial charge >= 0.3 is 0 Å². The van der Waals surface area contributed by atoms with Crippen LogP contribution in [0.5, 0.6) is 11.5 Å². The van der Waals surface area contributed by atoms with Gasteiger partial charge in [0.05, 0.1) is 11.8 Å². The quantitative estimate of drug-likeness (QED) is 0.899. The Balaban J connectivity index is 2.19. The summed E-state index contributed by atoms with van der Waals surface area (Å²) in [7, 11) is 1.58. The summed E-state index contributed by atoms with van der Waals surface area (Å²) in [6.07, 6.45) is 3.08. The molecule has 0 saturated heterocycles. The number of rotatable bonds is 3. The fourth-order valence-electron chi connectivity index (χ4n) is 1.49. The SMILES string of the molecule is CNC(=O)c1cncc(Oc2ccc(C)cc2)c1. The minimum Gasteiger partial charge on any atom is -0.456 e. The average Bonchev–Trinajstić information content (AvgIpc) is 2.41. The van der Waals surface area contributed by atoms with E-state index in [9.17, 15) is 4.79 Å². The number of nitrogens with zero attached hydrogens (tertiary/aromatic N) is 1. The van der Waals surface area contributed by atoms with Crippen molar-refractivity contribution in [1.82, 2.24) is 10.3 Å². The highest BCUT2D eigenvalue weighted by atomic mass is 16.5. The molecule has 0 radical (unpaired) electrons. The summed E-state index contributed by atoms with van der Waals surface area (Å²) in [6.45, 7) is 2.01. The fourth-order valence-corrected chi connectivity index (χ4v) is 1.49. The molecular formula is C14H14N2O2. The molecule has 0 aliphatic carbocycles.